The van der Waals surface area contributed by atoms with Crippen LogP contribution in [-0.2, 0) is 0 Å². The van der Waals surface area contributed by atoms with Gasteiger partial charge in [0.15, 0.2) is 11.5 Å². The highest BCUT2D eigenvalue weighted by Crippen LogP contribution is 2.24. The molecular weight excluding hydrogens is 248 g/mol. The SMILES string of the molecule is Cc1ccc(-c2nc3c(Cl)c(C)[nH]n3n2)cc1C. The van der Waals surface area contributed by atoms with Gasteiger partial charge in [-0.3, -0.25) is 5.10 Å². The Morgan fingerprint density at radius 1 is 1.17 bits per heavy atom. The number of nitrogens with zero attached hydrogens (tertiary/aromatic N) is 3. The van der Waals surface area contributed by atoms with E-state index in [2.05, 4.69) is 41.2 Å². The van der Waals surface area contributed by atoms with Crippen molar-refractivity contribution in [2.75, 3.05) is 0 Å². The van der Waals surface area contributed by atoms with Gasteiger partial charge in [-0.1, -0.05) is 23.7 Å². The highest BCUT2D eigenvalue weighted by atomic mass is 35.5. The molecule has 2 heterocycles. The van der Waals surface area contributed by atoms with Crippen LogP contribution >= 0.6 is 11.6 Å². The molecule has 3 aromatic rings. The number of fused-ring (bicyclic) bond motifs is 1. The predicted octanol–water partition coefficient (Wildman–Crippen LogP) is 3.30. The third-order valence-electron chi connectivity index (χ3n) is 3.17. The number of aromatic amines is 1. The zero-order valence-corrected chi connectivity index (χ0v) is 11.2. The fraction of sp³-hybridized carbons (Fsp3) is 0.231. The normalized spacial score (nSPS) is 11.3. The van der Waals surface area contributed by atoms with Gasteiger partial charge in [-0.15, -0.1) is 5.10 Å². The molecule has 0 radical (unpaired) electrons. The van der Waals surface area contributed by atoms with Gasteiger partial charge in [0.05, 0.1) is 5.69 Å². The monoisotopic (exact) mass is 260 g/mol. The first-order valence-electron chi connectivity index (χ1n) is 5.75. The summed E-state index contributed by atoms with van der Waals surface area (Å²) >= 11 is 6.14. The first kappa shape index (κ1) is 11.3. The summed E-state index contributed by atoms with van der Waals surface area (Å²) in [6, 6.07) is 6.19. The van der Waals surface area contributed by atoms with E-state index in [9.17, 15) is 0 Å². The zero-order valence-electron chi connectivity index (χ0n) is 10.5. The second kappa shape index (κ2) is 3.85. The molecule has 1 aromatic carbocycles. The Kier molecular flexibility index (Phi) is 2.41. The van der Waals surface area contributed by atoms with Gasteiger partial charge in [-0.05, 0) is 38.0 Å². The minimum Gasteiger partial charge on any atom is -0.279 e. The number of aromatic nitrogens is 4. The van der Waals surface area contributed by atoms with Crippen LogP contribution in [0.4, 0.5) is 0 Å². The second-order valence-electron chi connectivity index (χ2n) is 4.52. The quantitative estimate of drug-likeness (QED) is 0.730. The standard InChI is InChI=1S/C13H13ClN4/c1-7-4-5-10(6-8(7)2)12-15-13-11(14)9(3)16-18(13)17-12/h4-6,16H,1-3H3. The third-order valence-corrected chi connectivity index (χ3v) is 3.62. The fourth-order valence-corrected chi connectivity index (χ4v) is 2.08. The molecule has 0 saturated heterocycles. The Labute approximate surface area is 110 Å². The van der Waals surface area contributed by atoms with E-state index in [4.69, 9.17) is 11.6 Å². The Morgan fingerprint density at radius 2 is 1.94 bits per heavy atom. The third kappa shape index (κ3) is 1.61. The molecule has 0 aliphatic carbocycles. The van der Waals surface area contributed by atoms with Gasteiger partial charge in [-0.2, -0.15) is 4.63 Å². The maximum atomic E-state index is 6.14. The lowest BCUT2D eigenvalue weighted by Crippen LogP contribution is -1.89. The molecule has 0 unspecified atom stereocenters. The highest BCUT2D eigenvalue weighted by molar-refractivity contribution is 6.34. The topological polar surface area (TPSA) is 46.0 Å². The Hall–Kier alpha value is -1.81. The molecule has 5 heteroatoms. The molecule has 0 spiro atoms. The number of halogens is 1. The van der Waals surface area contributed by atoms with Gasteiger partial charge >= 0.3 is 0 Å². The molecule has 0 bridgehead atoms. The first-order chi connectivity index (χ1) is 8.56. The molecule has 1 N–H and O–H groups in total. The maximum absolute atomic E-state index is 6.14. The molecule has 4 nitrogen and oxygen atoms in total. The van der Waals surface area contributed by atoms with Gasteiger partial charge in [0.2, 0.25) is 0 Å². The van der Waals surface area contributed by atoms with Crippen molar-refractivity contribution in [3.05, 3.63) is 40.0 Å². The van der Waals surface area contributed by atoms with Crippen molar-refractivity contribution in [2.24, 2.45) is 0 Å². The van der Waals surface area contributed by atoms with E-state index >= 15 is 0 Å². The van der Waals surface area contributed by atoms with Gasteiger partial charge in [0, 0.05) is 5.56 Å². The van der Waals surface area contributed by atoms with Crippen molar-refractivity contribution in [3.8, 4) is 11.4 Å². The van der Waals surface area contributed by atoms with Crippen molar-refractivity contribution < 1.29 is 0 Å². The van der Waals surface area contributed by atoms with Crippen LogP contribution in [0, 0.1) is 20.8 Å². The lowest BCUT2D eigenvalue weighted by molar-refractivity contribution is 0.810. The van der Waals surface area contributed by atoms with Crippen LogP contribution in [0.3, 0.4) is 0 Å². The smallest absolute Gasteiger partial charge is 0.194 e. The van der Waals surface area contributed by atoms with Gasteiger partial charge in [-0.25, -0.2) is 4.98 Å². The van der Waals surface area contributed by atoms with Crippen LogP contribution in [-0.4, -0.2) is 19.8 Å². The molecule has 0 atom stereocenters. The average Bonchev–Trinajstić information content (AvgIpc) is 2.85. The Morgan fingerprint density at radius 3 is 2.61 bits per heavy atom. The highest BCUT2D eigenvalue weighted by Gasteiger charge is 2.13. The Balaban J connectivity index is 2.16. The van der Waals surface area contributed by atoms with E-state index in [-0.39, 0.29) is 0 Å². The van der Waals surface area contributed by atoms with Gasteiger partial charge < -0.3 is 0 Å². The molecule has 0 amide bonds. The molecule has 92 valence electrons. The minimum absolute atomic E-state index is 0.623. The minimum atomic E-state index is 0.623. The van der Waals surface area contributed by atoms with Crippen molar-refractivity contribution in [1.29, 1.82) is 0 Å². The van der Waals surface area contributed by atoms with Crippen LogP contribution in [0.25, 0.3) is 17.0 Å². The van der Waals surface area contributed by atoms with Gasteiger partial charge in [0.25, 0.3) is 0 Å². The van der Waals surface area contributed by atoms with Crippen molar-refractivity contribution in [2.45, 2.75) is 20.8 Å². The molecular formula is C13H13ClN4. The molecule has 18 heavy (non-hydrogen) atoms. The van der Waals surface area contributed by atoms with Crippen molar-refractivity contribution in [1.82, 2.24) is 19.8 Å². The van der Waals surface area contributed by atoms with E-state index in [0.717, 1.165) is 11.3 Å². The number of aryl methyl sites for hydroxylation is 3. The van der Waals surface area contributed by atoms with Crippen LogP contribution in [0.15, 0.2) is 18.2 Å². The average molecular weight is 261 g/mol. The van der Waals surface area contributed by atoms with Crippen LogP contribution < -0.4 is 0 Å². The molecule has 3 rings (SSSR count). The summed E-state index contributed by atoms with van der Waals surface area (Å²) in [6.45, 7) is 6.07. The number of H-pyrrole nitrogens is 1. The summed E-state index contributed by atoms with van der Waals surface area (Å²) in [7, 11) is 0. The lowest BCUT2D eigenvalue weighted by Gasteiger charge is -2.01. The van der Waals surface area contributed by atoms with E-state index in [1.54, 1.807) is 4.63 Å². The van der Waals surface area contributed by atoms with E-state index in [1.165, 1.54) is 11.1 Å². The fourth-order valence-electron chi connectivity index (χ4n) is 1.91. The molecule has 0 aliphatic heterocycles. The molecule has 0 saturated carbocycles. The Bertz CT molecular complexity index is 739. The van der Waals surface area contributed by atoms with E-state index < -0.39 is 0 Å². The van der Waals surface area contributed by atoms with Gasteiger partial charge in [0.1, 0.15) is 5.02 Å². The second-order valence-corrected chi connectivity index (χ2v) is 4.90. The summed E-state index contributed by atoms with van der Waals surface area (Å²) in [4.78, 5) is 4.46. The molecule has 0 fully saturated rings. The summed E-state index contributed by atoms with van der Waals surface area (Å²) < 4.78 is 1.61. The number of hydrogen-bond donors (Lipinski definition) is 1. The maximum Gasteiger partial charge on any atom is 0.194 e. The lowest BCUT2D eigenvalue weighted by atomic mass is 10.1. The number of rotatable bonds is 1. The summed E-state index contributed by atoms with van der Waals surface area (Å²) in [5.41, 5.74) is 5.04. The first-order valence-corrected chi connectivity index (χ1v) is 6.12. The predicted molar refractivity (Wildman–Crippen MR) is 72.0 cm³/mol. The summed E-state index contributed by atoms with van der Waals surface area (Å²) in [6.07, 6.45) is 0. The largest absolute Gasteiger partial charge is 0.279 e. The number of hydrogen-bond acceptors (Lipinski definition) is 2. The number of benzene rings is 1. The van der Waals surface area contributed by atoms with Crippen molar-refractivity contribution in [3.63, 3.8) is 0 Å². The summed E-state index contributed by atoms with van der Waals surface area (Å²) in [5, 5.41) is 8.08. The number of nitrogens with one attached hydrogen (secondary N) is 1. The van der Waals surface area contributed by atoms with Crippen LogP contribution in [0.1, 0.15) is 16.8 Å². The molecule has 0 aliphatic rings. The van der Waals surface area contributed by atoms with Crippen molar-refractivity contribution >= 4 is 17.2 Å². The molecule has 2 aromatic heterocycles. The summed E-state index contributed by atoms with van der Waals surface area (Å²) in [5.74, 6) is 0.686. The van der Waals surface area contributed by atoms with Crippen LogP contribution in [0.2, 0.25) is 5.02 Å². The van der Waals surface area contributed by atoms with E-state index in [1.807, 2.05) is 13.0 Å². The zero-order chi connectivity index (χ0) is 12.9. The van der Waals surface area contributed by atoms with E-state index in [0.29, 0.717) is 16.5 Å². The van der Waals surface area contributed by atoms with Crippen LogP contribution in [0.5, 0.6) is 0 Å².